The lowest BCUT2D eigenvalue weighted by Gasteiger charge is -2.02. The molecule has 0 bridgehead atoms. The van der Waals surface area contributed by atoms with Crippen LogP contribution in [0.2, 0.25) is 0 Å². The molecule has 0 fully saturated rings. The van der Waals surface area contributed by atoms with Crippen LogP contribution < -0.4 is 0 Å². The van der Waals surface area contributed by atoms with Gasteiger partial charge in [0.2, 0.25) is 0 Å². The van der Waals surface area contributed by atoms with Crippen molar-refractivity contribution in [3.8, 4) is 11.1 Å². The molecule has 0 heteroatoms. The van der Waals surface area contributed by atoms with E-state index in [0.717, 1.165) is 0 Å². The highest BCUT2D eigenvalue weighted by Gasteiger charge is 1.95. The molecule has 0 aliphatic heterocycles. The zero-order valence-electron chi connectivity index (χ0n) is 8.56. The largest absolute Gasteiger partial charge is 0.0836 e. The SMILES string of the molecule is [CH2]/C=C/c1cccc(-c2ccccc2)c1. The van der Waals surface area contributed by atoms with Gasteiger partial charge in [-0.1, -0.05) is 60.7 Å². The Morgan fingerprint density at radius 2 is 1.53 bits per heavy atom. The van der Waals surface area contributed by atoms with Crippen LogP contribution in [-0.4, -0.2) is 0 Å². The Hall–Kier alpha value is -1.82. The molecule has 0 atom stereocenters. The van der Waals surface area contributed by atoms with E-state index in [0.29, 0.717) is 0 Å². The van der Waals surface area contributed by atoms with Crippen molar-refractivity contribution in [3.05, 3.63) is 73.2 Å². The third-order valence-corrected chi connectivity index (χ3v) is 2.30. The molecule has 0 nitrogen and oxygen atoms in total. The minimum absolute atomic E-state index is 1.19. The Labute approximate surface area is 90.9 Å². The lowest BCUT2D eigenvalue weighted by molar-refractivity contribution is 1.60. The monoisotopic (exact) mass is 193 g/mol. The maximum absolute atomic E-state index is 3.70. The Balaban J connectivity index is 2.41. The van der Waals surface area contributed by atoms with Crippen molar-refractivity contribution in [2.24, 2.45) is 0 Å². The highest BCUT2D eigenvalue weighted by Crippen LogP contribution is 2.20. The van der Waals surface area contributed by atoms with Gasteiger partial charge < -0.3 is 0 Å². The van der Waals surface area contributed by atoms with Crippen molar-refractivity contribution >= 4 is 6.08 Å². The molecule has 0 aliphatic carbocycles. The van der Waals surface area contributed by atoms with Gasteiger partial charge in [0, 0.05) is 0 Å². The fourth-order valence-electron chi connectivity index (χ4n) is 1.59. The number of hydrogen-bond donors (Lipinski definition) is 0. The van der Waals surface area contributed by atoms with E-state index < -0.39 is 0 Å². The first kappa shape index (κ1) is 9.72. The predicted octanol–water partition coefficient (Wildman–Crippen LogP) is 4.20. The van der Waals surface area contributed by atoms with Crippen molar-refractivity contribution in [2.75, 3.05) is 0 Å². The first-order chi connectivity index (χ1) is 7.40. The van der Waals surface area contributed by atoms with Crippen LogP contribution in [0.1, 0.15) is 5.56 Å². The zero-order chi connectivity index (χ0) is 10.5. The molecule has 0 saturated heterocycles. The maximum Gasteiger partial charge on any atom is -0.0178 e. The predicted molar refractivity (Wildman–Crippen MR) is 66.3 cm³/mol. The van der Waals surface area contributed by atoms with Crippen LogP contribution in [0.5, 0.6) is 0 Å². The molecule has 15 heavy (non-hydrogen) atoms. The first-order valence-corrected chi connectivity index (χ1v) is 5.01. The minimum atomic E-state index is 1.19. The average Bonchev–Trinajstić information content (AvgIpc) is 2.31. The van der Waals surface area contributed by atoms with Crippen LogP contribution in [0.4, 0.5) is 0 Å². The third-order valence-electron chi connectivity index (χ3n) is 2.30. The molecule has 2 rings (SSSR count). The van der Waals surface area contributed by atoms with Gasteiger partial charge in [-0.25, -0.2) is 0 Å². The van der Waals surface area contributed by atoms with Crippen molar-refractivity contribution in [3.63, 3.8) is 0 Å². The van der Waals surface area contributed by atoms with Crippen molar-refractivity contribution in [1.82, 2.24) is 0 Å². The second-order valence-corrected chi connectivity index (χ2v) is 3.39. The summed E-state index contributed by atoms with van der Waals surface area (Å²) in [5.41, 5.74) is 3.68. The molecular formula is C15H13. The molecule has 0 N–H and O–H groups in total. The normalized spacial score (nSPS) is 10.7. The maximum atomic E-state index is 3.70. The van der Waals surface area contributed by atoms with Crippen molar-refractivity contribution in [2.45, 2.75) is 0 Å². The molecule has 0 saturated carbocycles. The topological polar surface area (TPSA) is 0 Å². The Kier molecular flexibility index (Phi) is 2.99. The van der Waals surface area contributed by atoms with E-state index in [1.807, 2.05) is 18.2 Å². The Morgan fingerprint density at radius 3 is 2.27 bits per heavy atom. The molecule has 0 aromatic heterocycles. The van der Waals surface area contributed by atoms with Gasteiger partial charge in [0.25, 0.3) is 0 Å². The zero-order valence-corrected chi connectivity index (χ0v) is 8.56. The van der Waals surface area contributed by atoms with Crippen LogP contribution in [0.15, 0.2) is 60.7 Å². The lowest BCUT2D eigenvalue weighted by atomic mass is 10.0. The van der Waals surface area contributed by atoms with Crippen LogP contribution >= 0.6 is 0 Å². The van der Waals surface area contributed by atoms with Gasteiger partial charge in [0.15, 0.2) is 0 Å². The highest BCUT2D eigenvalue weighted by molar-refractivity contribution is 5.67. The number of rotatable bonds is 2. The molecular weight excluding hydrogens is 180 g/mol. The molecule has 0 spiro atoms. The molecule has 0 aliphatic rings. The summed E-state index contributed by atoms with van der Waals surface area (Å²) in [6.45, 7) is 3.70. The molecule has 2 aromatic carbocycles. The van der Waals surface area contributed by atoms with Crippen LogP contribution in [0.3, 0.4) is 0 Å². The van der Waals surface area contributed by atoms with Gasteiger partial charge in [-0.05, 0) is 29.7 Å². The van der Waals surface area contributed by atoms with E-state index >= 15 is 0 Å². The molecule has 0 amide bonds. The standard InChI is InChI=1S/C15H13/c1-2-7-13-8-6-11-15(12-13)14-9-4-3-5-10-14/h2-12H,1H2/b7-2+. The van der Waals surface area contributed by atoms with Gasteiger partial charge in [-0.3, -0.25) is 0 Å². The Bertz CT molecular complexity index is 452. The van der Waals surface area contributed by atoms with E-state index in [-0.39, 0.29) is 0 Å². The molecule has 1 radical (unpaired) electrons. The minimum Gasteiger partial charge on any atom is -0.0836 e. The third kappa shape index (κ3) is 2.35. The van der Waals surface area contributed by atoms with E-state index in [1.165, 1.54) is 16.7 Å². The summed E-state index contributed by atoms with van der Waals surface area (Å²) in [4.78, 5) is 0. The number of benzene rings is 2. The van der Waals surface area contributed by atoms with E-state index in [9.17, 15) is 0 Å². The first-order valence-electron chi connectivity index (χ1n) is 5.01. The van der Waals surface area contributed by atoms with E-state index in [4.69, 9.17) is 0 Å². The van der Waals surface area contributed by atoms with Crippen LogP contribution in [-0.2, 0) is 0 Å². The fraction of sp³-hybridized carbons (Fsp3) is 0. The van der Waals surface area contributed by atoms with Crippen molar-refractivity contribution in [1.29, 1.82) is 0 Å². The van der Waals surface area contributed by atoms with E-state index in [2.05, 4.69) is 55.5 Å². The second-order valence-electron chi connectivity index (χ2n) is 3.39. The van der Waals surface area contributed by atoms with E-state index in [1.54, 1.807) is 0 Å². The van der Waals surface area contributed by atoms with Gasteiger partial charge in [-0.2, -0.15) is 0 Å². The molecule has 0 unspecified atom stereocenters. The van der Waals surface area contributed by atoms with Gasteiger partial charge in [-0.15, -0.1) is 0 Å². The van der Waals surface area contributed by atoms with Crippen molar-refractivity contribution < 1.29 is 0 Å². The number of allylic oxidation sites excluding steroid dienone is 1. The average molecular weight is 193 g/mol. The van der Waals surface area contributed by atoms with Crippen LogP contribution in [0.25, 0.3) is 17.2 Å². The highest BCUT2D eigenvalue weighted by atomic mass is 14.0. The molecule has 73 valence electrons. The lowest BCUT2D eigenvalue weighted by Crippen LogP contribution is -1.78. The molecule has 0 heterocycles. The summed E-state index contributed by atoms with van der Waals surface area (Å²) in [5, 5.41) is 0. The summed E-state index contributed by atoms with van der Waals surface area (Å²) in [5.74, 6) is 0. The van der Waals surface area contributed by atoms with Gasteiger partial charge in [0.1, 0.15) is 0 Å². The summed E-state index contributed by atoms with van der Waals surface area (Å²) >= 11 is 0. The summed E-state index contributed by atoms with van der Waals surface area (Å²) in [6.07, 6.45) is 3.82. The summed E-state index contributed by atoms with van der Waals surface area (Å²) in [7, 11) is 0. The van der Waals surface area contributed by atoms with Gasteiger partial charge >= 0.3 is 0 Å². The van der Waals surface area contributed by atoms with Gasteiger partial charge in [0.05, 0.1) is 0 Å². The summed E-state index contributed by atoms with van der Waals surface area (Å²) < 4.78 is 0. The smallest absolute Gasteiger partial charge is 0.0178 e. The second kappa shape index (κ2) is 4.61. The number of hydrogen-bond acceptors (Lipinski definition) is 0. The quantitative estimate of drug-likeness (QED) is 0.670. The van der Waals surface area contributed by atoms with Crippen LogP contribution in [0, 0.1) is 6.92 Å². The fourth-order valence-corrected chi connectivity index (χ4v) is 1.59. The summed E-state index contributed by atoms with van der Waals surface area (Å²) in [6, 6.07) is 18.8. The Morgan fingerprint density at radius 1 is 0.800 bits per heavy atom. The molecule has 2 aromatic rings.